The van der Waals surface area contributed by atoms with Crippen molar-refractivity contribution in [1.29, 1.82) is 0 Å². The molecular formula is C16H30N2O3. The Balaban J connectivity index is 2.59. The zero-order valence-corrected chi connectivity index (χ0v) is 14.1. The summed E-state index contributed by atoms with van der Waals surface area (Å²) in [6.45, 7) is 12.2. The molecule has 1 aliphatic carbocycles. The lowest BCUT2D eigenvalue weighted by molar-refractivity contribution is -0.150. The smallest absolute Gasteiger partial charge is 0.307 e. The molecule has 0 aromatic heterocycles. The van der Waals surface area contributed by atoms with E-state index in [4.69, 9.17) is 0 Å². The van der Waals surface area contributed by atoms with Gasteiger partial charge >= 0.3 is 5.97 Å². The second-order valence-corrected chi connectivity index (χ2v) is 7.86. The number of hydrogen-bond donors (Lipinski definition) is 3. The lowest BCUT2D eigenvalue weighted by Crippen LogP contribution is -2.53. The van der Waals surface area contributed by atoms with E-state index >= 15 is 0 Å². The molecule has 0 aliphatic heterocycles. The van der Waals surface area contributed by atoms with Gasteiger partial charge in [0.25, 0.3) is 0 Å². The normalized spacial score (nSPS) is 29.0. The molecule has 21 heavy (non-hydrogen) atoms. The third-order valence-electron chi connectivity index (χ3n) is 4.78. The minimum Gasteiger partial charge on any atom is -0.481 e. The van der Waals surface area contributed by atoms with E-state index in [1.807, 2.05) is 34.6 Å². The van der Waals surface area contributed by atoms with Crippen LogP contribution in [0.1, 0.15) is 54.4 Å². The highest BCUT2D eigenvalue weighted by molar-refractivity contribution is 5.78. The lowest BCUT2D eigenvalue weighted by Gasteiger charge is -2.46. The van der Waals surface area contributed by atoms with Gasteiger partial charge in [0.1, 0.15) is 0 Å². The third kappa shape index (κ3) is 4.70. The van der Waals surface area contributed by atoms with Crippen LogP contribution in [-0.2, 0) is 9.59 Å². The molecule has 0 aromatic carbocycles. The Morgan fingerprint density at radius 1 is 1.24 bits per heavy atom. The maximum absolute atomic E-state index is 11.9. The Morgan fingerprint density at radius 3 is 2.29 bits per heavy atom. The van der Waals surface area contributed by atoms with Crippen molar-refractivity contribution < 1.29 is 14.7 Å². The van der Waals surface area contributed by atoms with E-state index in [1.165, 1.54) is 0 Å². The summed E-state index contributed by atoms with van der Waals surface area (Å²) >= 11 is 0. The van der Waals surface area contributed by atoms with Gasteiger partial charge in [-0.1, -0.05) is 20.8 Å². The van der Waals surface area contributed by atoms with Crippen molar-refractivity contribution in [2.24, 2.45) is 17.3 Å². The predicted molar refractivity (Wildman–Crippen MR) is 83.0 cm³/mol. The van der Waals surface area contributed by atoms with Crippen molar-refractivity contribution >= 4 is 11.9 Å². The molecule has 0 radical (unpaired) electrons. The largest absolute Gasteiger partial charge is 0.481 e. The van der Waals surface area contributed by atoms with Gasteiger partial charge in [-0.05, 0) is 44.9 Å². The number of rotatable bonds is 4. The molecular weight excluding hydrogens is 268 g/mol. The lowest BCUT2D eigenvalue weighted by atomic mass is 9.61. The molecule has 1 amide bonds. The first-order valence-corrected chi connectivity index (χ1v) is 7.72. The Morgan fingerprint density at radius 2 is 1.81 bits per heavy atom. The molecule has 0 spiro atoms. The summed E-state index contributed by atoms with van der Waals surface area (Å²) in [6.07, 6.45) is 1.45. The first kappa shape index (κ1) is 18.0. The van der Waals surface area contributed by atoms with Crippen LogP contribution in [0.5, 0.6) is 0 Å². The number of amides is 1. The topological polar surface area (TPSA) is 78.4 Å². The van der Waals surface area contributed by atoms with Crippen LogP contribution in [0.15, 0.2) is 0 Å². The fourth-order valence-corrected chi connectivity index (χ4v) is 3.21. The molecule has 5 heteroatoms. The molecule has 3 unspecified atom stereocenters. The average Bonchev–Trinajstić information content (AvgIpc) is 2.28. The van der Waals surface area contributed by atoms with E-state index in [0.29, 0.717) is 6.42 Å². The van der Waals surface area contributed by atoms with Gasteiger partial charge in [-0.3, -0.25) is 9.59 Å². The first-order chi connectivity index (χ1) is 9.45. The number of nitrogens with one attached hydrogen (secondary N) is 2. The molecule has 0 aromatic rings. The van der Waals surface area contributed by atoms with Crippen LogP contribution in [-0.4, -0.2) is 35.1 Å². The van der Waals surface area contributed by atoms with E-state index in [2.05, 4.69) is 17.6 Å². The van der Waals surface area contributed by atoms with E-state index in [0.717, 1.165) is 6.42 Å². The molecule has 3 N–H and O–H groups in total. The van der Waals surface area contributed by atoms with Gasteiger partial charge in [0.2, 0.25) is 5.91 Å². The maximum Gasteiger partial charge on any atom is 0.307 e. The van der Waals surface area contributed by atoms with Gasteiger partial charge in [0.05, 0.1) is 12.5 Å². The maximum atomic E-state index is 11.9. The van der Waals surface area contributed by atoms with E-state index in [9.17, 15) is 14.7 Å². The highest BCUT2D eigenvalue weighted by atomic mass is 16.4. The predicted octanol–water partition coefficient (Wildman–Crippen LogP) is 2.02. The van der Waals surface area contributed by atoms with Crippen molar-refractivity contribution in [2.75, 3.05) is 6.54 Å². The van der Waals surface area contributed by atoms with Crippen LogP contribution in [0.25, 0.3) is 0 Å². The van der Waals surface area contributed by atoms with Gasteiger partial charge in [-0.2, -0.15) is 0 Å². The SMILES string of the molecule is CC1C(NCC(=O)NC(C)(C)C)CCC(C(=O)O)C1(C)C. The van der Waals surface area contributed by atoms with Crippen LogP contribution < -0.4 is 10.6 Å². The van der Waals surface area contributed by atoms with E-state index in [1.54, 1.807) is 0 Å². The van der Waals surface area contributed by atoms with Crippen molar-refractivity contribution in [2.45, 2.75) is 66.0 Å². The Hall–Kier alpha value is -1.10. The van der Waals surface area contributed by atoms with Gasteiger partial charge in [-0.15, -0.1) is 0 Å². The molecule has 1 fully saturated rings. The monoisotopic (exact) mass is 298 g/mol. The standard InChI is InChI=1S/C16H30N2O3/c1-10-12(17-9-13(19)18-15(2,3)4)8-7-11(14(20)21)16(10,5)6/h10-12,17H,7-9H2,1-6H3,(H,18,19)(H,20,21). The molecule has 0 bridgehead atoms. The molecule has 1 aliphatic rings. The van der Waals surface area contributed by atoms with Crippen LogP contribution in [0.3, 0.4) is 0 Å². The Labute approximate surface area is 127 Å². The first-order valence-electron chi connectivity index (χ1n) is 7.72. The third-order valence-corrected chi connectivity index (χ3v) is 4.78. The quantitative estimate of drug-likeness (QED) is 0.742. The summed E-state index contributed by atoms with van der Waals surface area (Å²) in [5.41, 5.74) is -0.507. The average molecular weight is 298 g/mol. The molecule has 1 rings (SSSR count). The van der Waals surface area contributed by atoms with Crippen LogP contribution in [0.2, 0.25) is 0 Å². The molecule has 122 valence electrons. The Bertz CT molecular complexity index is 399. The highest BCUT2D eigenvalue weighted by Crippen LogP contribution is 2.44. The molecule has 1 saturated carbocycles. The fourth-order valence-electron chi connectivity index (χ4n) is 3.21. The summed E-state index contributed by atoms with van der Waals surface area (Å²) in [5.74, 6) is -0.840. The Kier molecular flexibility index (Phi) is 5.42. The summed E-state index contributed by atoms with van der Waals surface area (Å²) in [5, 5.41) is 15.6. The fraction of sp³-hybridized carbons (Fsp3) is 0.875. The highest BCUT2D eigenvalue weighted by Gasteiger charge is 2.46. The van der Waals surface area contributed by atoms with Crippen molar-refractivity contribution in [3.63, 3.8) is 0 Å². The number of carboxylic acid groups (broad SMARTS) is 1. The summed E-state index contributed by atoms with van der Waals surface area (Å²) in [4.78, 5) is 23.2. The van der Waals surface area contributed by atoms with Crippen molar-refractivity contribution in [3.8, 4) is 0 Å². The number of carboxylic acids is 1. The minimum atomic E-state index is -0.712. The van der Waals surface area contributed by atoms with E-state index < -0.39 is 5.97 Å². The van der Waals surface area contributed by atoms with Crippen LogP contribution in [0, 0.1) is 17.3 Å². The van der Waals surface area contributed by atoms with Crippen molar-refractivity contribution in [3.05, 3.63) is 0 Å². The number of carbonyl (C=O) groups is 2. The number of hydrogen-bond acceptors (Lipinski definition) is 3. The summed E-state index contributed by atoms with van der Waals surface area (Å²) < 4.78 is 0. The molecule has 3 atom stereocenters. The zero-order chi connectivity index (χ0) is 16.4. The van der Waals surface area contributed by atoms with Crippen molar-refractivity contribution in [1.82, 2.24) is 10.6 Å². The molecule has 5 nitrogen and oxygen atoms in total. The number of aliphatic carboxylic acids is 1. The second-order valence-electron chi connectivity index (χ2n) is 7.86. The van der Waals surface area contributed by atoms with Gasteiger partial charge in [-0.25, -0.2) is 0 Å². The van der Waals surface area contributed by atoms with Gasteiger partial charge in [0, 0.05) is 11.6 Å². The van der Waals surface area contributed by atoms with Crippen LogP contribution >= 0.6 is 0 Å². The van der Waals surface area contributed by atoms with Crippen LogP contribution in [0.4, 0.5) is 0 Å². The zero-order valence-electron chi connectivity index (χ0n) is 14.1. The second kappa shape index (κ2) is 6.34. The minimum absolute atomic E-state index is 0.0205. The molecule has 0 saturated heterocycles. The van der Waals surface area contributed by atoms with Gasteiger partial charge in [0.15, 0.2) is 0 Å². The number of carbonyl (C=O) groups excluding carboxylic acids is 1. The molecule has 0 heterocycles. The summed E-state index contributed by atoms with van der Waals surface area (Å²) in [6, 6.07) is 0.182. The van der Waals surface area contributed by atoms with Gasteiger partial charge < -0.3 is 15.7 Å². The van der Waals surface area contributed by atoms with E-state index in [-0.39, 0.29) is 41.3 Å². The summed E-state index contributed by atoms with van der Waals surface area (Å²) in [7, 11) is 0.